The average Bonchev–Trinajstić information content (AvgIpc) is 3.57. The highest BCUT2D eigenvalue weighted by Gasteiger charge is 2.76. The number of phenols is 1. The molecule has 0 aromatic heterocycles. The zero-order valence-corrected chi connectivity index (χ0v) is 21.2. The number of hydrogen-bond acceptors (Lipinski definition) is 5. The zero-order chi connectivity index (χ0) is 24.9. The second-order valence-electron chi connectivity index (χ2n) is 12.7. The van der Waals surface area contributed by atoms with Crippen LogP contribution in [0.5, 0.6) is 5.75 Å². The van der Waals surface area contributed by atoms with E-state index in [4.69, 9.17) is 4.74 Å². The predicted molar refractivity (Wildman–Crippen MR) is 136 cm³/mol. The van der Waals surface area contributed by atoms with Crippen molar-refractivity contribution in [3.8, 4) is 5.75 Å². The third kappa shape index (κ3) is 2.97. The molecule has 3 amide bonds. The van der Waals surface area contributed by atoms with Crippen LogP contribution in [-0.4, -0.2) is 71.9 Å². The van der Waals surface area contributed by atoms with Crippen molar-refractivity contribution in [1.82, 2.24) is 20.4 Å². The number of rotatable bonds is 3. The standard InChI is InChI=1S/C29H36N4O4/c34-21-4-3-18-9-24-28-6-5-23-25(29(28,22(18)10-21)7-8-32(24)13-17-1-2-17)19(11-28)14-33(23)26(35)20-12-30-27(36)31-16-37-15-20/h3-4,10,12,17,19,23-25,34H,1-2,5-9,11,13-16H2,(H2,30,31,36)/b20-12+/t19-,23?,24?,25?,28?,29?/m1/s1. The summed E-state index contributed by atoms with van der Waals surface area (Å²) in [6.45, 7) is 3.43. The summed E-state index contributed by atoms with van der Waals surface area (Å²) in [5.74, 6) is 2.14. The van der Waals surface area contributed by atoms with Crippen LogP contribution in [-0.2, 0) is 21.4 Å². The van der Waals surface area contributed by atoms with E-state index in [1.807, 2.05) is 6.07 Å². The van der Waals surface area contributed by atoms with Crippen LogP contribution in [0.25, 0.3) is 0 Å². The molecule has 2 saturated heterocycles. The number of phenolic OH excluding ortho intramolecular Hbond substituents is 1. The van der Waals surface area contributed by atoms with Crippen molar-refractivity contribution in [2.45, 2.75) is 62.4 Å². The van der Waals surface area contributed by atoms with Gasteiger partial charge in [-0.1, -0.05) is 6.07 Å². The van der Waals surface area contributed by atoms with Gasteiger partial charge in [0.2, 0.25) is 0 Å². The molecule has 6 atom stereocenters. The van der Waals surface area contributed by atoms with E-state index in [9.17, 15) is 14.7 Å². The Labute approximate surface area is 217 Å². The van der Waals surface area contributed by atoms with Gasteiger partial charge in [-0.05, 0) is 97.9 Å². The maximum Gasteiger partial charge on any atom is 0.320 e. The lowest BCUT2D eigenvalue weighted by Gasteiger charge is -2.66. The quantitative estimate of drug-likeness (QED) is 0.588. The molecule has 196 valence electrons. The van der Waals surface area contributed by atoms with Gasteiger partial charge in [-0.25, -0.2) is 4.79 Å². The topological polar surface area (TPSA) is 94.1 Å². The van der Waals surface area contributed by atoms with Crippen molar-refractivity contribution in [2.75, 3.05) is 33.0 Å². The molecule has 4 bridgehead atoms. The molecule has 1 aromatic rings. The molecular weight excluding hydrogens is 468 g/mol. The van der Waals surface area contributed by atoms with Gasteiger partial charge < -0.3 is 25.4 Å². The summed E-state index contributed by atoms with van der Waals surface area (Å²) >= 11 is 0. The first kappa shape index (κ1) is 22.4. The Morgan fingerprint density at radius 1 is 1.22 bits per heavy atom. The number of fused-ring (bicyclic) bond motifs is 1. The molecule has 0 spiro atoms. The zero-order valence-electron chi connectivity index (χ0n) is 21.2. The number of likely N-dealkylation sites (tertiary alicyclic amines) is 2. The van der Waals surface area contributed by atoms with Crippen molar-refractivity contribution in [1.29, 1.82) is 0 Å². The molecule has 37 heavy (non-hydrogen) atoms. The summed E-state index contributed by atoms with van der Waals surface area (Å²) < 4.78 is 5.55. The second-order valence-corrected chi connectivity index (χ2v) is 12.7. The van der Waals surface area contributed by atoms with Crippen LogP contribution in [0.3, 0.4) is 0 Å². The number of carbonyl (C=O) groups excluding carboxylic acids is 2. The molecule has 5 unspecified atom stereocenters. The molecule has 3 heterocycles. The molecule has 8 rings (SSSR count). The van der Waals surface area contributed by atoms with Crippen LogP contribution in [0.15, 0.2) is 30.0 Å². The summed E-state index contributed by atoms with van der Waals surface area (Å²) in [7, 11) is 0. The van der Waals surface area contributed by atoms with E-state index in [0.29, 0.717) is 29.2 Å². The number of carbonyl (C=O) groups is 2. The largest absolute Gasteiger partial charge is 0.508 e. The Morgan fingerprint density at radius 3 is 2.97 bits per heavy atom. The average molecular weight is 505 g/mol. The predicted octanol–water partition coefficient (Wildman–Crippen LogP) is 2.47. The van der Waals surface area contributed by atoms with E-state index >= 15 is 0 Å². The van der Waals surface area contributed by atoms with Gasteiger partial charge in [0, 0.05) is 36.8 Å². The monoisotopic (exact) mass is 504 g/mol. The van der Waals surface area contributed by atoms with Crippen LogP contribution in [0.1, 0.15) is 49.7 Å². The number of nitrogens with one attached hydrogen (secondary N) is 2. The van der Waals surface area contributed by atoms with Gasteiger partial charge in [0.15, 0.2) is 0 Å². The molecule has 3 saturated carbocycles. The Kier molecular flexibility index (Phi) is 4.68. The van der Waals surface area contributed by atoms with Gasteiger partial charge in [-0.2, -0.15) is 0 Å². The molecule has 3 aliphatic heterocycles. The van der Waals surface area contributed by atoms with Crippen molar-refractivity contribution in [2.24, 2.45) is 23.2 Å². The maximum absolute atomic E-state index is 13.9. The lowest BCUT2D eigenvalue weighted by molar-refractivity contribution is -0.136. The molecular formula is C29H36N4O4. The Morgan fingerprint density at radius 2 is 2.11 bits per heavy atom. The third-order valence-electron chi connectivity index (χ3n) is 11.3. The Bertz CT molecular complexity index is 1210. The van der Waals surface area contributed by atoms with Crippen LogP contribution in [0.4, 0.5) is 4.79 Å². The number of urea groups is 1. The van der Waals surface area contributed by atoms with Crippen LogP contribution in [0.2, 0.25) is 0 Å². The molecule has 8 nitrogen and oxygen atoms in total. The smallest absolute Gasteiger partial charge is 0.320 e. The second kappa shape index (κ2) is 7.73. The van der Waals surface area contributed by atoms with E-state index in [-0.39, 0.29) is 42.1 Å². The summed E-state index contributed by atoms with van der Waals surface area (Å²) in [5.41, 5.74) is 3.58. The van der Waals surface area contributed by atoms with Crippen LogP contribution >= 0.6 is 0 Å². The first-order valence-corrected chi connectivity index (χ1v) is 14.2. The first-order chi connectivity index (χ1) is 18.0. The SMILES string of the molecule is O=C1N/C=C(/C(=O)N2C[C@H]3CC45CCC2C3C42CCN(CC3CC3)C5Cc3ccc(O)cc32)COCN1. The molecule has 0 radical (unpaired) electrons. The lowest BCUT2D eigenvalue weighted by Crippen LogP contribution is -2.70. The number of piperidine rings is 1. The fraction of sp³-hybridized carbons (Fsp3) is 0.655. The number of ether oxygens (including phenoxy) is 1. The highest BCUT2D eigenvalue weighted by atomic mass is 16.5. The van der Waals surface area contributed by atoms with Crippen LogP contribution < -0.4 is 10.6 Å². The highest BCUT2D eigenvalue weighted by molar-refractivity contribution is 5.95. The summed E-state index contributed by atoms with van der Waals surface area (Å²) in [5, 5.41) is 15.9. The molecule has 3 N–H and O–H groups in total. The molecule has 4 aliphatic carbocycles. The van der Waals surface area contributed by atoms with E-state index in [2.05, 4.69) is 32.6 Å². The normalized spacial score (nSPS) is 41.5. The number of hydrogen-bond donors (Lipinski definition) is 3. The van der Waals surface area contributed by atoms with Crippen molar-refractivity contribution < 1.29 is 19.4 Å². The minimum atomic E-state index is -0.354. The highest BCUT2D eigenvalue weighted by Crippen LogP contribution is 2.75. The van der Waals surface area contributed by atoms with Gasteiger partial charge in [0.1, 0.15) is 12.5 Å². The fourth-order valence-electron chi connectivity index (χ4n) is 10.0. The Hall–Kier alpha value is -2.58. The van der Waals surface area contributed by atoms with Gasteiger partial charge in [0.05, 0.1) is 12.2 Å². The molecule has 1 aromatic carbocycles. The first-order valence-electron chi connectivity index (χ1n) is 14.2. The van der Waals surface area contributed by atoms with Gasteiger partial charge in [0.25, 0.3) is 5.91 Å². The maximum atomic E-state index is 13.9. The van der Waals surface area contributed by atoms with Crippen LogP contribution in [0, 0.1) is 23.2 Å². The fourth-order valence-corrected chi connectivity index (χ4v) is 10.0. The van der Waals surface area contributed by atoms with Crippen molar-refractivity contribution in [3.05, 3.63) is 41.1 Å². The number of nitrogens with zero attached hydrogens (tertiary/aromatic N) is 2. The summed E-state index contributed by atoms with van der Waals surface area (Å²) in [4.78, 5) is 30.7. The minimum absolute atomic E-state index is 0.000149. The number of amides is 3. The van der Waals surface area contributed by atoms with E-state index in [1.165, 1.54) is 43.1 Å². The minimum Gasteiger partial charge on any atom is -0.508 e. The van der Waals surface area contributed by atoms with E-state index in [1.54, 1.807) is 0 Å². The van der Waals surface area contributed by atoms with Crippen molar-refractivity contribution >= 4 is 11.9 Å². The summed E-state index contributed by atoms with van der Waals surface area (Å²) in [6.07, 6.45) is 9.86. The lowest BCUT2D eigenvalue weighted by atomic mass is 9.43. The number of benzene rings is 1. The van der Waals surface area contributed by atoms with Crippen molar-refractivity contribution in [3.63, 3.8) is 0 Å². The molecule has 7 aliphatic rings. The van der Waals surface area contributed by atoms with Gasteiger partial charge in [-0.15, -0.1) is 0 Å². The van der Waals surface area contributed by atoms with E-state index < -0.39 is 0 Å². The molecule has 5 fully saturated rings. The molecule has 8 heteroatoms. The van der Waals surface area contributed by atoms with E-state index in [0.717, 1.165) is 44.7 Å². The number of aromatic hydroxyl groups is 1. The van der Waals surface area contributed by atoms with Gasteiger partial charge >= 0.3 is 6.03 Å². The van der Waals surface area contributed by atoms with Gasteiger partial charge in [-0.3, -0.25) is 9.69 Å². The summed E-state index contributed by atoms with van der Waals surface area (Å²) in [6, 6.07) is 6.54. The Balaban J connectivity index is 1.19. The third-order valence-corrected chi connectivity index (χ3v) is 11.3.